The topological polar surface area (TPSA) is 63.6 Å². The van der Waals surface area contributed by atoms with E-state index in [9.17, 15) is 4.79 Å². The van der Waals surface area contributed by atoms with Crippen LogP contribution in [0.3, 0.4) is 0 Å². The second kappa shape index (κ2) is 7.72. The van der Waals surface area contributed by atoms with Crippen molar-refractivity contribution in [1.29, 1.82) is 0 Å². The molecule has 0 spiro atoms. The summed E-state index contributed by atoms with van der Waals surface area (Å²) in [6.45, 7) is 1.82. The number of amides is 1. The fraction of sp³-hybridized carbons (Fsp3) is 0.105. The Balaban J connectivity index is 1.74. The van der Waals surface area contributed by atoms with Gasteiger partial charge in [-0.3, -0.25) is 4.79 Å². The summed E-state index contributed by atoms with van der Waals surface area (Å²) < 4.78 is 5.25. The molecule has 3 aromatic rings. The molecular weight excluding hydrogens is 334 g/mol. The lowest BCUT2D eigenvalue weighted by Gasteiger charge is -2.03. The van der Waals surface area contributed by atoms with Crippen LogP contribution >= 0.6 is 11.3 Å². The highest BCUT2D eigenvalue weighted by Gasteiger charge is 2.15. The first-order valence-corrected chi connectivity index (χ1v) is 8.50. The van der Waals surface area contributed by atoms with Crippen LogP contribution in [0.25, 0.3) is 10.6 Å². The van der Waals surface area contributed by atoms with Crippen molar-refractivity contribution in [3.05, 3.63) is 70.7 Å². The highest BCUT2D eigenvalue weighted by atomic mass is 32.1. The number of aryl methyl sites for hydroxylation is 1. The van der Waals surface area contributed by atoms with Crippen LogP contribution in [0.1, 0.15) is 20.9 Å². The van der Waals surface area contributed by atoms with Crippen molar-refractivity contribution < 1.29 is 9.53 Å². The number of aromatic nitrogens is 1. The molecule has 3 rings (SSSR count). The van der Waals surface area contributed by atoms with Gasteiger partial charge in [-0.05, 0) is 19.1 Å². The molecule has 0 atom stereocenters. The fourth-order valence-electron chi connectivity index (χ4n) is 2.30. The molecule has 5 nitrogen and oxygen atoms in total. The van der Waals surface area contributed by atoms with Crippen LogP contribution in [0.4, 0.5) is 0 Å². The molecule has 0 aliphatic carbocycles. The maximum absolute atomic E-state index is 12.4. The van der Waals surface area contributed by atoms with E-state index >= 15 is 0 Å². The molecule has 6 heteroatoms. The molecule has 0 bridgehead atoms. The smallest absolute Gasteiger partial charge is 0.283 e. The first kappa shape index (κ1) is 16.9. The molecule has 0 aliphatic heterocycles. The highest BCUT2D eigenvalue weighted by molar-refractivity contribution is 7.17. The number of ether oxygens (including phenoxy) is 1. The summed E-state index contributed by atoms with van der Waals surface area (Å²) >= 11 is 1.35. The first-order valence-electron chi connectivity index (χ1n) is 7.68. The molecule has 0 aliphatic rings. The number of hydrazone groups is 1. The molecular formula is C19H17N3O2S. The zero-order valence-corrected chi connectivity index (χ0v) is 14.7. The molecule has 1 amide bonds. The second-order valence-electron chi connectivity index (χ2n) is 5.24. The molecule has 0 fully saturated rings. The molecule has 0 radical (unpaired) electrons. The van der Waals surface area contributed by atoms with E-state index in [1.807, 2.05) is 61.5 Å². The van der Waals surface area contributed by atoms with Gasteiger partial charge in [0.05, 0.1) is 19.0 Å². The minimum absolute atomic E-state index is 0.275. The van der Waals surface area contributed by atoms with Gasteiger partial charge in [0.15, 0.2) is 0 Å². The van der Waals surface area contributed by atoms with Crippen molar-refractivity contribution in [3.63, 3.8) is 0 Å². The summed E-state index contributed by atoms with van der Waals surface area (Å²) in [7, 11) is 1.59. The number of para-hydroxylation sites is 1. The standard InChI is InChI=1S/C19H17N3O2S/c1-13-17(25-19(21-13)14-8-4-3-5-9-14)18(23)22-20-12-15-10-6-7-11-16(15)24-2/h3-12H,1-2H3,(H,22,23)/b20-12+. The number of methoxy groups -OCH3 is 1. The van der Waals surface area contributed by atoms with Gasteiger partial charge in [-0.1, -0.05) is 42.5 Å². The number of hydrogen-bond donors (Lipinski definition) is 1. The summed E-state index contributed by atoms with van der Waals surface area (Å²) in [5, 5.41) is 4.84. The van der Waals surface area contributed by atoms with Gasteiger partial charge < -0.3 is 4.74 Å². The SMILES string of the molecule is COc1ccccc1/C=N/NC(=O)c1sc(-c2ccccc2)nc1C. The second-order valence-corrected chi connectivity index (χ2v) is 6.24. The van der Waals surface area contributed by atoms with Crippen LogP contribution in [0.5, 0.6) is 5.75 Å². The third-order valence-corrected chi connectivity index (χ3v) is 4.74. The number of benzene rings is 2. The van der Waals surface area contributed by atoms with E-state index in [0.29, 0.717) is 16.3 Å². The lowest BCUT2D eigenvalue weighted by molar-refractivity contribution is 0.0958. The highest BCUT2D eigenvalue weighted by Crippen LogP contribution is 2.27. The van der Waals surface area contributed by atoms with Crippen LogP contribution in [0.2, 0.25) is 0 Å². The number of thiazole rings is 1. The van der Waals surface area contributed by atoms with E-state index in [1.54, 1.807) is 13.3 Å². The van der Waals surface area contributed by atoms with Gasteiger partial charge in [0.1, 0.15) is 15.6 Å². The van der Waals surface area contributed by atoms with Crippen LogP contribution in [-0.4, -0.2) is 24.2 Å². The van der Waals surface area contributed by atoms with Gasteiger partial charge in [0.2, 0.25) is 0 Å². The van der Waals surface area contributed by atoms with Crippen molar-refractivity contribution >= 4 is 23.5 Å². The molecule has 0 unspecified atom stereocenters. The van der Waals surface area contributed by atoms with Crippen LogP contribution < -0.4 is 10.2 Å². The molecule has 25 heavy (non-hydrogen) atoms. The van der Waals surface area contributed by atoms with Crippen molar-refractivity contribution in [2.75, 3.05) is 7.11 Å². The molecule has 2 aromatic carbocycles. The molecule has 0 saturated heterocycles. The Hall–Kier alpha value is -2.99. The maximum atomic E-state index is 12.4. The summed E-state index contributed by atoms with van der Waals surface area (Å²) in [6, 6.07) is 17.2. The van der Waals surface area contributed by atoms with Gasteiger partial charge >= 0.3 is 0 Å². The van der Waals surface area contributed by atoms with Crippen LogP contribution in [0, 0.1) is 6.92 Å². The summed E-state index contributed by atoms with van der Waals surface area (Å²) in [6.07, 6.45) is 1.56. The fourth-order valence-corrected chi connectivity index (χ4v) is 3.26. The largest absolute Gasteiger partial charge is 0.496 e. The van der Waals surface area contributed by atoms with Crippen molar-refractivity contribution in [3.8, 4) is 16.3 Å². The van der Waals surface area contributed by atoms with Crippen molar-refractivity contribution in [1.82, 2.24) is 10.4 Å². The number of hydrogen-bond acceptors (Lipinski definition) is 5. The quantitative estimate of drug-likeness (QED) is 0.560. The summed E-state index contributed by atoms with van der Waals surface area (Å²) in [4.78, 5) is 17.4. The zero-order chi connectivity index (χ0) is 17.6. The lowest BCUT2D eigenvalue weighted by atomic mass is 10.2. The number of carbonyl (C=O) groups excluding carboxylic acids is 1. The van der Waals surface area contributed by atoms with E-state index in [1.165, 1.54) is 11.3 Å². The average Bonchev–Trinajstić information content (AvgIpc) is 3.04. The van der Waals surface area contributed by atoms with Gasteiger partial charge in [-0.15, -0.1) is 11.3 Å². The Morgan fingerprint density at radius 3 is 2.64 bits per heavy atom. The molecule has 0 saturated carbocycles. The van der Waals surface area contributed by atoms with E-state index in [4.69, 9.17) is 4.74 Å². The van der Waals surface area contributed by atoms with Crippen molar-refractivity contribution in [2.24, 2.45) is 5.10 Å². The third kappa shape index (κ3) is 3.92. The van der Waals surface area contributed by atoms with E-state index in [2.05, 4.69) is 15.5 Å². The number of nitrogens with zero attached hydrogens (tertiary/aromatic N) is 2. The molecule has 126 valence electrons. The van der Waals surface area contributed by atoms with E-state index in [0.717, 1.165) is 16.1 Å². The number of carbonyl (C=O) groups is 1. The summed E-state index contributed by atoms with van der Waals surface area (Å²) in [5.41, 5.74) is 5.02. The Bertz CT molecular complexity index is 904. The van der Waals surface area contributed by atoms with E-state index < -0.39 is 0 Å². The van der Waals surface area contributed by atoms with Crippen molar-refractivity contribution in [2.45, 2.75) is 6.92 Å². The monoisotopic (exact) mass is 351 g/mol. The predicted molar refractivity (Wildman–Crippen MR) is 100 cm³/mol. The Kier molecular flexibility index (Phi) is 5.20. The number of rotatable bonds is 5. The first-order chi connectivity index (χ1) is 12.2. The van der Waals surface area contributed by atoms with Crippen LogP contribution in [-0.2, 0) is 0 Å². The van der Waals surface area contributed by atoms with Gasteiger partial charge in [-0.2, -0.15) is 5.10 Å². The minimum Gasteiger partial charge on any atom is -0.496 e. The molecule has 1 N–H and O–H groups in total. The van der Waals surface area contributed by atoms with Gasteiger partial charge in [-0.25, -0.2) is 10.4 Å². The Labute approximate surface area is 150 Å². The van der Waals surface area contributed by atoms with Gasteiger partial charge in [0.25, 0.3) is 5.91 Å². The lowest BCUT2D eigenvalue weighted by Crippen LogP contribution is -2.17. The molecule has 1 heterocycles. The zero-order valence-electron chi connectivity index (χ0n) is 13.9. The van der Waals surface area contributed by atoms with Crippen LogP contribution in [0.15, 0.2) is 59.7 Å². The Morgan fingerprint density at radius 1 is 1.16 bits per heavy atom. The molecule has 1 aromatic heterocycles. The van der Waals surface area contributed by atoms with Gasteiger partial charge in [0, 0.05) is 11.1 Å². The van der Waals surface area contributed by atoms with E-state index in [-0.39, 0.29) is 5.91 Å². The maximum Gasteiger partial charge on any atom is 0.283 e. The average molecular weight is 351 g/mol. The minimum atomic E-state index is -0.275. The Morgan fingerprint density at radius 2 is 1.88 bits per heavy atom. The third-order valence-electron chi connectivity index (χ3n) is 3.53. The normalized spacial score (nSPS) is 10.8. The number of nitrogens with one attached hydrogen (secondary N) is 1. The summed E-state index contributed by atoms with van der Waals surface area (Å²) in [5.74, 6) is 0.421. The predicted octanol–water partition coefficient (Wildman–Crippen LogP) is 3.89.